The van der Waals surface area contributed by atoms with Gasteiger partial charge in [0.15, 0.2) is 16.6 Å². The predicted molar refractivity (Wildman–Crippen MR) is 109 cm³/mol. The van der Waals surface area contributed by atoms with Crippen molar-refractivity contribution in [1.82, 2.24) is 29.7 Å². The van der Waals surface area contributed by atoms with Gasteiger partial charge in [-0.25, -0.2) is 29.4 Å². The smallest absolute Gasteiger partial charge is 0.357 e. The number of hydrogen-bond donors (Lipinski definition) is 1. The molecule has 0 bridgehead atoms. The zero-order chi connectivity index (χ0) is 20.9. The van der Waals surface area contributed by atoms with Crippen molar-refractivity contribution in [3.8, 4) is 5.82 Å². The summed E-state index contributed by atoms with van der Waals surface area (Å²) in [4.78, 5) is 43.2. The molecule has 0 aliphatic carbocycles. The van der Waals surface area contributed by atoms with Crippen LogP contribution < -0.4 is 10.2 Å². The van der Waals surface area contributed by atoms with E-state index in [1.54, 1.807) is 23.3 Å². The van der Waals surface area contributed by atoms with Crippen LogP contribution in [-0.2, 0) is 9.53 Å². The van der Waals surface area contributed by atoms with Crippen LogP contribution in [0.15, 0.2) is 30.4 Å². The summed E-state index contributed by atoms with van der Waals surface area (Å²) in [5.74, 6) is 0.490. The fraction of sp³-hybridized carbons (Fsp3) is 0.389. The summed E-state index contributed by atoms with van der Waals surface area (Å²) in [6.07, 6.45) is 6.10. The van der Waals surface area contributed by atoms with Crippen molar-refractivity contribution < 1.29 is 14.3 Å². The van der Waals surface area contributed by atoms with Gasteiger partial charge in [-0.05, 0) is 19.8 Å². The molecule has 1 fully saturated rings. The first-order chi connectivity index (χ1) is 14.6. The second-order valence-corrected chi connectivity index (χ2v) is 7.47. The number of carbonyl (C=O) groups is 2. The number of piperidine rings is 1. The van der Waals surface area contributed by atoms with Crippen molar-refractivity contribution >= 4 is 34.2 Å². The average Bonchev–Trinajstić information content (AvgIpc) is 3.47. The number of nitrogens with one attached hydrogen (secondary N) is 1. The number of carbonyl (C=O) groups excluding carboxylic acids is 2. The fourth-order valence-electron chi connectivity index (χ4n) is 3.20. The Kier molecular flexibility index (Phi) is 5.93. The largest absolute Gasteiger partial charge is 0.461 e. The summed E-state index contributed by atoms with van der Waals surface area (Å²) in [6.45, 7) is 3.32. The SMILES string of the molecule is CCOC(=O)c1csc(NC(=O)[C@H]2CCCN(c3cc(-n4cncn4)ncn3)C2)n1. The Morgan fingerprint density at radius 1 is 1.30 bits per heavy atom. The topological polar surface area (TPSA) is 128 Å². The molecule has 0 unspecified atom stereocenters. The zero-order valence-electron chi connectivity index (χ0n) is 16.3. The van der Waals surface area contributed by atoms with E-state index in [-0.39, 0.29) is 24.1 Å². The Morgan fingerprint density at radius 2 is 2.17 bits per heavy atom. The predicted octanol–water partition coefficient (Wildman–Crippen LogP) is 1.55. The summed E-state index contributed by atoms with van der Waals surface area (Å²) in [5, 5.41) is 8.86. The minimum Gasteiger partial charge on any atom is -0.461 e. The van der Waals surface area contributed by atoms with Gasteiger partial charge in [0.1, 0.15) is 24.8 Å². The molecule has 3 aromatic heterocycles. The van der Waals surface area contributed by atoms with Crippen LogP contribution in [0, 0.1) is 5.92 Å². The van der Waals surface area contributed by atoms with Gasteiger partial charge in [-0.15, -0.1) is 11.3 Å². The molecule has 1 amide bonds. The van der Waals surface area contributed by atoms with Crippen molar-refractivity contribution in [2.45, 2.75) is 19.8 Å². The van der Waals surface area contributed by atoms with Gasteiger partial charge >= 0.3 is 5.97 Å². The maximum Gasteiger partial charge on any atom is 0.357 e. The number of nitrogens with zero attached hydrogens (tertiary/aromatic N) is 7. The van der Waals surface area contributed by atoms with E-state index in [9.17, 15) is 9.59 Å². The molecule has 1 aliphatic heterocycles. The van der Waals surface area contributed by atoms with Crippen molar-refractivity contribution in [1.29, 1.82) is 0 Å². The number of rotatable bonds is 6. The number of thiazole rings is 1. The van der Waals surface area contributed by atoms with E-state index in [0.29, 0.717) is 17.5 Å². The summed E-state index contributed by atoms with van der Waals surface area (Å²) in [6, 6.07) is 1.82. The first-order valence-electron chi connectivity index (χ1n) is 9.49. The molecule has 0 spiro atoms. The maximum absolute atomic E-state index is 12.8. The van der Waals surface area contributed by atoms with E-state index in [1.165, 1.54) is 24.0 Å². The van der Waals surface area contributed by atoms with Crippen LogP contribution in [0.25, 0.3) is 5.82 Å². The summed E-state index contributed by atoms with van der Waals surface area (Å²) >= 11 is 1.20. The van der Waals surface area contributed by atoms with Gasteiger partial charge < -0.3 is 15.0 Å². The summed E-state index contributed by atoms with van der Waals surface area (Å²) < 4.78 is 6.48. The molecular formula is C18H20N8O3S. The van der Waals surface area contributed by atoms with Crippen LogP contribution in [-0.4, -0.2) is 61.3 Å². The van der Waals surface area contributed by atoms with Crippen LogP contribution in [0.1, 0.15) is 30.3 Å². The quantitative estimate of drug-likeness (QED) is 0.581. The van der Waals surface area contributed by atoms with Gasteiger partial charge in [-0.1, -0.05) is 0 Å². The van der Waals surface area contributed by atoms with Crippen molar-refractivity contribution in [2.75, 3.05) is 29.9 Å². The van der Waals surface area contributed by atoms with Crippen molar-refractivity contribution in [2.24, 2.45) is 5.92 Å². The van der Waals surface area contributed by atoms with Gasteiger partial charge in [-0.3, -0.25) is 4.79 Å². The number of amides is 1. The third kappa shape index (κ3) is 4.43. The Labute approximate surface area is 176 Å². The second-order valence-electron chi connectivity index (χ2n) is 6.61. The van der Waals surface area contributed by atoms with E-state index in [0.717, 1.165) is 25.2 Å². The molecule has 4 heterocycles. The van der Waals surface area contributed by atoms with Crippen molar-refractivity contribution in [3.63, 3.8) is 0 Å². The monoisotopic (exact) mass is 428 g/mol. The van der Waals surface area contributed by atoms with Gasteiger partial charge in [-0.2, -0.15) is 5.10 Å². The highest BCUT2D eigenvalue weighted by molar-refractivity contribution is 7.14. The summed E-state index contributed by atoms with van der Waals surface area (Å²) in [7, 11) is 0. The van der Waals surface area contributed by atoms with Gasteiger partial charge in [0.25, 0.3) is 0 Å². The third-order valence-corrected chi connectivity index (χ3v) is 5.38. The Bertz CT molecular complexity index is 1020. The average molecular weight is 428 g/mol. The molecule has 12 heteroatoms. The number of aromatic nitrogens is 6. The highest BCUT2D eigenvalue weighted by atomic mass is 32.1. The van der Waals surface area contributed by atoms with Gasteiger partial charge in [0.05, 0.1) is 12.5 Å². The number of anilines is 2. The molecule has 156 valence electrons. The normalized spacial score (nSPS) is 16.3. The third-order valence-electron chi connectivity index (χ3n) is 4.63. The second kappa shape index (κ2) is 8.95. The zero-order valence-corrected chi connectivity index (χ0v) is 17.1. The molecule has 0 radical (unpaired) electrons. The molecule has 0 saturated carbocycles. The number of ether oxygens (including phenoxy) is 1. The van der Waals surface area contributed by atoms with E-state index in [1.807, 2.05) is 6.07 Å². The first-order valence-corrected chi connectivity index (χ1v) is 10.4. The molecule has 1 saturated heterocycles. The number of hydrogen-bond acceptors (Lipinski definition) is 10. The highest BCUT2D eigenvalue weighted by Gasteiger charge is 2.27. The highest BCUT2D eigenvalue weighted by Crippen LogP contribution is 2.24. The Morgan fingerprint density at radius 3 is 2.97 bits per heavy atom. The van der Waals surface area contributed by atoms with Crippen LogP contribution >= 0.6 is 11.3 Å². The molecule has 1 aliphatic rings. The van der Waals surface area contributed by atoms with E-state index in [2.05, 4.69) is 35.3 Å². The molecule has 0 aromatic carbocycles. The Hall–Kier alpha value is -3.41. The van der Waals surface area contributed by atoms with Crippen LogP contribution in [0.3, 0.4) is 0 Å². The maximum atomic E-state index is 12.8. The van der Waals surface area contributed by atoms with Crippen LogP contribution in [0.2, 0.25) is 0 Å². The molecule has 30 heavy (non-hydrogen) atoms. The van der Waals surface area contributed by atoms with Gasteiger partial charge in [0, 0.05) is 24.5 Å². The number of esters is 1. The van der Waals surface area contributed by atoms with Crippen LogP contribution in [0.5, 0.6) is 0 Å². The van der Waals surface area contributed by atoms with E-state index >= 15 is 0 Å². The molecule has 1 atom stereocenters. The minimum atomic E-state index is -0.495. The lowest BCUT2D eigenvalue weighted by molar-refractivity contribution is -0.120. The fourth-order valence-corrected chi connectivity index (χ4v) is 3.88. The Balaban J connectivity index is 1.41. The lowest BCUT2D eigenvalue weighted by atomic mass is 9.97. The molecule has 11 nitrogen and oxygen atoms in total. The molecular weight excluding hydrogens is 408 g/mol. The minimum absolute atomic E-state index is 0.130. The first kappa shape index (κ1) is 19.9. The van der Waals surface area contributed by atoms with Crippen molar-refractivity contribution in [3.05, 3.63) is 36.1 Å². The van der Waals surface area contributed by atoms with E-state index in [4.69, 9.17) is 4.74 Å². The molecule has 4 rings (SSSR count). The standard InChI is InChI=1S/C18H20N8O3S/c1-2-29-17(28)13-8-30-18(23-13)24-16(27)12-4-3-5-25(7-12)14-6-15(21-10-20-14)26-11-19-9-22-26/h6,8-12H,2-5,7H2,1H3,(H,23,24,27)/t12-/m0/s1. The lowest BCUT2D eigenvalue weighted by Gasteiger charge is -2.32. The van der Waals surface area contributed by atoms with E-state index < -0.39 is 5.97 Å². The summed E-state index contributed by atoms with van der Waals surface area (Å²) in [5.41, 5.74) is 0.198. The molecule has 1 N–H and O–H groups in total. The van der Waals surface area contributed by atoms with Crippen LogP contribution in [0.4, 0.5) is 10.9 Å². The molecule has 3 aromatic rings. The van der Waals surface area contributed by atoms with Gasteiger partial charge in [0.2, 0.25) is 5.91 Å². The lowest BCUT2D eigenvalue weighted by Crippen LogP contribution is -2.41.